The van der Waals surface area contributed by atoms with Crippen LogP contribution in [0, 0.1) is 0 Å². The minimum Gasteiger partial charge on any atom is -0.358 e. The highest BCUT2D eigenvalue weighted by atomic mass is 35.5. The van der Waals surface area contributed by atoms with Crippen molar-refractivity contribution in [3.05, 3.63) is 52.7 Å². The number of halogens is 1. The number of hydrogen-bond acceptors (Lipinski definition) is 4. The van der Waals surface area contributed by atoms with Crippen molar-refractivity contribution in [2.24, 2.45) is 0 Å². The van der Waals surface area contributed by atoms with Gasteiger partial charge in [-0.05, 0) is 42.7 Å². The molecule has 0 saturated heterocycles. The molecule has 0 spiro atoms. The second kappa shape index (κ2) is 9.23. The Hall–Kier alpha value is -2.14. The zero-order chi connectivity index (χ0) is 17.4. The van der Waals surface area contributed by atoms with Gasteiger partial charge >= 0.3 is 0 Å². The number of carbonyl (C=O) groups excluding carboxylic acids is 1. The fourth-order valence-corrected chi connectivity index (χ4v) is 2.48. The van der Waals surface area contributed by atoms with Crippen LogP contribution in [0.4, 0.5) is 5.82 Å². The van der Waals surface area contributed by atoms with Gasteiger partial charge in [0.2, 0.25) is 0 Å². The molecular weight excluding hydrogens is 324 g/mol. The first-order valence-corrected chi connectivity index (χ1v) is 8.55. The second-order valence-corrected chi connectivity index (χ2v) is 6.12. The van der Waals surface area contributed by atoms with Crippen LogP contribution in [-0.2, 0) is 6.42 Å². The molecule has 0 atom stereocenters. The van der Waals surface area contributed by atoms with Crippen LogP contribution >= 0.6 is 11.6 Å². The van der Waals surface area contributed by atoms with E-state index in [0.29, 0.717) is 17.3 Å². The summed E-state index contributed by atoms with van der Waals surface area (Å²) in [6.07, 6.45) is 2.95. The normalized spacial score (nSPS) is 10.5. The molecule has 1 N–H and O–H groups in total. The van der Waals surface area contributed by atoms with Gasteiger partial charge in [-0.3, -0.25) is 4.79 Å². The highest BCUT2D eigenvalue weighted by Crippen LogP contribution is 2.11. The maximum absolute atomic E-state index is 12.1. The lowest BCUT2D eigenvalue weighted by molar-refractivity contribution is 0.0948. The number of carbonyl (C=O) groups is 1. The lowest BCUT2D eigenvalue weighted by Crippen LogP contribution is -2.27. The fraction of sp³-hybridized carbons (Fsp3) is 0.389. The first kappa shape index (κ1) is 18.2. The maximum atomic E-state index is 12.1. The SMILES string of the molecule is CCCCN(C)c1ccc(C(=O)NCCc2cccc(Cl)c2)nn1. The smallest absolute Gasteiger partial charge is 0.271 e. The third-order valence-electron chi connectivity index (χ3n) is 3.71. The van der Waals surface area contributed by atoms with Crippen LogP contribution in [0.5, 0.6) is 0 Å². The highest BCUT2D eigenvalue weighted by Gasteiger charge is 2.09. The summed E-state index contributed by atoms with van der Waals surface area (Å²) in [5.41, 5.74) is 1.41. The van der Waals surface area contributed by atoms with Crippen LogP contribution in [-0.4, -0.2) is 36.2 Å². The van der Waals surface area contributed by atoms with E-state index in [1.54, 1.807) is 6.07 Å². The van der Waals surface area contributed by atoms with Gasteiger partial charge in [0, 0.05) is 25.2 Å². The third-order valence-corrected chi connectivity index (χ3v) is 3.94. The molecule has 0 bridgehead atoms. The second-order valence-electron chi connectivity index (χ2n) is 5.69. The number of nitrogens with one attached hydrogen (secondary N) is 1. The first-order valence-electron chi connectivity index (χ1n) is 8.17. The van der Waals surface area contributed by atoms with Crippen molar-refractivity contribution >= 4 is 23.3 Å². The summed E-state index contributed by atoms with van der Waals surface area (Å²) in [5, 5.41) is 11.7. The van der Waals surface area contributed by atoms with E-state index in [1.807, 2.05) is 42.3 Å². The van der Waals surface area contributed by atoms with Crippen molar-refractivity contribution in [2.45, 2.75) is 26.2 Å². The Balaban J connectivity index is 1.84. The number of aromatic nitrogens is 2. The largest absolute Gasteiger partial charge is 0.358 e. The molecule has 0 unspecified atom stereocenters. The molecule has 128 valence electrons. The number of unbranched alkanes of at least 4 members (excludes halogenated alkanes) is 1. The van der Waals surface area contributed by atoms with Gasteiger partial charge in [-0.15, -0.1) is 10.2 Å². The molecule has 0 aliphatic rings. The van der Waals surface area contributed by atoms with Gasteiger partial charge in [0.15, 0.2) is 11.5 Å². The molecular formula is C18H23ClN4O. The van der Waals surface area contributed by atoms with Crippen molar-refractivity contribution in [1.82, 2.24) is 15.5 Å². The minimum absolute atomic E-state index is 0.215. The molecule has 0 aliphatic carbocycles. The van der Waals surface area contributed by atoms with Gasteiger partial charge in [-0.2, -0.15) is 0 Å². The van der Waals surface area contributed by atoms with Crippen LogP contribution in [0.2, 0.25) is 5.02 Å². The standard InChI is InChI=1S/C18H23ClN4O/c1-3-4-12-23(2)17-9-8-16(21-22-17)18(24)20-11-10-14-6-5-7-15(19)13-14/h5-9,13H,3-4,10-12H2,1-2H3,(H,20,24). The van der Waals surface area contributed by atoms with Crippen molar-refractivity contribution < 1.29 is 4.79 Å². The van der Waals surface area contributed by atoms with Crippen LogP contribution in [0.3, 0.4) is 0 Å². The summed E-state index contributed by atoms with van der Waals surface area (Å²) in [7, 11) is 1.98. The molecule has 1 aromatic heterocycles. The van der Waals surface area contributed by atoms with E-state index in [9.17, 15) is 4.79 Å². The Bertz CT molecular complexity index is 660. The number of benzene rings is 1. The van der Waals surface area contributed by atoms with Gasteiger partial charge in [-0.1, -0.05) is 37.1 Å². The Morgan fingerprint density at radius 1 is 1.25 bits per heavy atom. The highest BCUT2D eigenvalue weighted by molar-refractivity contribution is 6.30. The van der Waals surface area contributed by atoms with Crippen molar-refractivity contribution in [3.8, 4) is 0 Å². The van der Waals surface area contributed by atoms with Gasteiger partial charge in [0.05, 0.1) is 0 Å². The Morgan fingerprint density at radius 3 is 2.75 bits per heavy atom. The third kappa shape index (κ3) is 5.49. The number of anilines is 1. The van der Waals surface area contributed by atoms with Crippen LogP contribution < -0.4 is 10.2 Å². The summed E-state index contributed by atoms with van der Waals surface area (Å²) in [5.74, 6) is 0.561. The summed E-state index contributed by atoms with van der Waals surface area (Å²) < 4.78 is 0. The van der Waals surface area contributed by atoms with Crippen molar-refractivity contribution in [2.75, 3.05) is 25.0 Å². The molecule has 2 rings (SSSR count). The Kier molecular flexibility index (Phi) is 7.00. The van der Waals surface area contributed by atoms with Crippen LogP contribution in [0.1, 0.15) is 35.8 Å². The molecule has 24 heavy (non-hydrogen) atoms. The molecule has 0 saturated carbocycles. The van der Waals surface area contributed by atoms with E-state index in [0.717, 1.165) is 37.2 Å². The quantitative estimate of drug-likeness (QED) is 0.796. The van der Waals surface area contributed by atoms with Gasteiger partial charge in [0.1, 0.15) is 0 Å². The molecule has 0 aliphatic heterocycles. The summed E-state index contributed by atoms with van der Waals surface area (Å²) in [6.45, 7) is 3.60. The van der Waals surface area contributed by atoms with Crippen LogP contribution in [0.15, 0.2) is 36.4 Å². The number of hydrogen-bond donors (Lipinski definition) is 1. The maximum Gasteiger partial charge on any atom is 0.271 e. The Morgan fingerprint density at radius 2 is 2.08 bits per heavy atom. The number of nitrogens with zero attached hydrogens (tertiary/aromatic N) is 3. The molecule has 6 heteroatoms. The van der Waals surface area contributed by atoms with E-state index >= 15 is 0 Å². The average molecular weight is 347 g/mol. The molecule has 1 amide bonds. The minimum atomic E-state index is -0.215. The van der Waals surface area contributed by atoms with E-state index in [1.165, 1.54) is 0 Å². The number of amides is 1. The number of rotatable bonds is 8. The van der Waals surface area contributed by atoms with Crippen molar-refractivity contribution in [1.29, 1.82) is 0 Å². The van der Waals surface area contributed by atoms with E-state index in [-0.39, 0.29) is 5.91 Å². The average Bonchev–Trinajstić information content (AvgIpc) is 2.60. The Labute approximate surface area is 148 Å². The van der Waals surface area contributed by atoms with Crippen molar-refractivity contribution in [3.63, 3.8) is 0 Å². The van der Waals surface area contributed by atoms with Gasteiger partial charge in [-0.25, -0.2) is 0 Å². The monoisotopic (exact) mass is 346 g/mol. The topological polar surface area (TPSA) is 58.1 Å². The van der Waals surface area contributed by atoms with Gasteiger partial charge < -0.3 is 10.2 Å². The van der Waals surface area contributed by atoms with E-state index in [2.05, 4.69) is 22.4 Å². The molecule has 5 nitrogen and oxygen atoms in total. The summed E-state index contributed by atoms with van der Waals surface area (Å²) in [6, 6.07) is 11.2. The zero-order valence-corrected chi connectivity index (χ0v) is 14.9. The predicted octanol–water partition coefficient (Wildman–Crippen LogP) is 3.34. The fourth-order valence-electron chi connectivity index (χ4n) is 2.26. The molecule has 0 fully saturated rings. The lowest BCUT2D eigenvalue weighted by atomic mass is 10.1. The lowest BCUT2D eigenvalue weighted by Gasteiger charge is -2.16. The summed E-state index contributed by atoms with van der Waals surface area (Å²) in [4.78, 5) is 14.1. The van der Waals surface area contributed by atoms with E-state index in [4.69, 9.17) is 11.6 Å². The van der Waals surface area contributed by atoms with E-state index < -0.39 is 0 Å². The van der Waals surface area contributed by atoms with Crippen LogP contribution in [0.25, 0.3) is 0 Å². The molecule has 0 radical (unpaired) electrons. The van der Waals surface area contributed by atoms with Gasteiger partial charge in [0.25, 0.3) is 5.91 Å². The predicted molar refractivity (Wildman–Crippen MR) is 97.7 cm³/mol. The summed E-state index contributed by atoms with van der Waals surface area (Å²) >= 11 is 5.94. The molecule has 1 aromatic carbocycles. The molecule has 2 aromatic rings. The zero-order valence-electron chi connectivity index (χ0n) is 14.1. The molecule has 1 heterocycles. The first-order chi connectivity index (χ1) is 11.6.